The van der Waals surface area contributed by atoms with Gasteiger partial charge in [-0.15, -0.1) is 0 Å². The number of ether oxygens (including phenoxy) is 2. The summed E-state index contributed by atoms with van der Waals surface area (Å²) in [6, 6.07) is 4.37. The Labute approximate surface area is 125 Å². The highest BCUT2D eigenvalue weighted by Crippen LogP contribution is 2.36. The largest absolute Gasteiger partial charge is 0.493 e. The first-order chi connectivity index (χ1) is 10.0. The Morgan fingerprint density at radius 1 is 1.38 bits per heavy atom. The number of nitro groups is 1. The van der Waals surface area contributed by atoms with Gasteiger partial charge in [-0.1, -0.05) is 0 Å². The molecule has 0 aliphatic heterocycles. The van der Waals surface area contributed by atoms with Gasteiger partial charge in [0.1, 0.15) is 6.61 Å². The van der Waals surface area contributed by atoms with Crippen molar-refractivity contribution in [1.82, 2.24) is 0 Å². The zero-order valence-electron chi connectivity index (χ0n) is 12.6. The standard InChI is InChI=1S/C14H21NO5Si/c1-18-13-8-11(15(16)17)6-7-12(13)19-9-14(10-4-5-10)20-21(2)3/h6-8,10,14,21H,4-5,9H2,1-3H3. The normalized spacial score (nSPS) is 15.8. The molecular weight excluding hydrogens is 290 g/mol. The smallest absolute Gasteiger partial charge is 0.273 e. The lowest BCUT2D eigenvalue weighted by Gasteiger charge is -2.21. The van der Waals surface area contributed by atoms with Gasteiger partial charge in [0.2, 0.25) is 0 Å². The molecule has 1 aromatic carbocycles. The maximum absolute atomic E-state index is 10.8. The SMILES string of the molecule is COc1cc([N+](=O)[O-])ccc1OCC(O[SiH](C)C)C1CC1. The van der Waals surface area contributed by atoms with E-state index < -0.39 is 14.0 Å². The van der Waals surface area contributed by atoms with E-state index in [0.717, 1.165) is 0 Å². The van der Waals surface area contributed by atoms with Crippen molar-refractivity contribution in [3.8, 4) is 11.5 Å². The molecule has 1 aliphatic carbocycles. The zero-order valence-corrected chi connectivity index (χ0v) is 13.7. The molecule has 2 rings (SSSR count). The van der Waals surface area contributed by atoms with Crippen LogP contribution in [-0.2, 0) is 4.43 Å². The highest BCUT2D eigenvalue weighted by molar-refractivity contribution is 6.48. The number of nitro benzene ring substituents is 1. The summed E-state index contributed by atoms with van der Waals surface area (Å²) in [4.78, 5) is 10.3. The Bertz CT molecular complexity index is 504. The number of nitrogens with zero attached hydrogens (tertiary/aromatic N) is 1. The van der Waals surface area contributed by atoms with E-state index in [-0.39, 0.29) is 11.8 Å². The highest BCUT2D eigenvalue weighted by Gasteiger charge is 2.33. The van der Waals surface area contributed by atoms with E-state index in [0.29, 0.717) is 24.0 Å². The van der Waals surface area contributed by atoms with E-state index in [1.54, 1.807) is 6.07 Å². The molecule has 0 saturated heterocycles. The molecule has 0 N–H and O–H groups in total. The van der Waals surface area contributed by atoms with Crippen molar-refractivity contribution >= 4 is 14.7 Å². The molecule has 0 aromatic heterocycles. The Hall–Kier alpha value is -1.60. The second-order valence-corrected chi connectivity index (χ2v) is 7.83. The third-order valence-electron chi connectivity index (χ3n) is 3.36. The molecule has 1 fully saturated rings. The topological polar surface area (TPSA) is 70.8 Å². The second-order valence-electron chi connectivity index (χ2n) is 5.46. The van der Waals surface area contributed by atoms with Crippen LogP contribution >= 0.6 is 0 Å². The number of non-ortho nitro benzene ring substituents is 1. The van der Waals surface area contributed by atoms with Crippen LogP contribution in [-0.4, -0.2) is 33.8 Å². The predicted molar refractivity (Wildman–Crippen MR) is 81.6 cm³/mol. The molecule has 0 amide bonds. The number of methoxy groups -OCH3 is 1. The minimum atomic E-state index is -1.11. The van der Waals surface area contributed by atoms with E-state index in [1.807, 2.05) is 0 Å². The van der Waals surface area contributed by atoms with Gasteiger partial charge < -0.3 is 13.9 Å². The van der Waals surface area contributed by atoms with Crippen molar-refractivity contribution in [2.45, 2.75) is 32.0 Å². The van der Waals surface area contributed by atoms with Gasteiger partial charge in [-0.25, -0.2) is 0 Å². The molecule has 21 heavy (non-hydrogen) atoms. The van der Waals surface area contributed by atoms with Gasteiger partial charge in [0.15, 0.2) is 20.5 Å². The van der Waals surface area contributed by atoms with Gasteiger partial charge in [-0.2, -0.15) is 0 Å². The van der Waals surface area contributed by atoms with Crippen LogP contribution in [0.2, 0.25) is 13.1 Å². The molecular formula is C14H21NO5Si. The first kappa shape index (κ1) is 15.8. The third kappa shape index (κ3) is 4.43. The molecule has 1 atom stereocenters. The summed E-state index contributed by atoms with van der Waals surface area (Å²) in [6.45, 7) is 4.74. The van der Waals surface area contributed by atoms with Crippen LogP contribution in [0.4, 0.5) is 5.69 Å². The summed E-state index contributed by atoms with van der Waals surface area (Å²) in [5.41, 5.74) is -0.0104. The lowest BCUT2D eigenvalue weighted by atomic mass is 10.2. The van der Waals surface area contributed by atoms with Crippen LogP contribution in [0.5, 0.6) is 11.5 Å². The van der Waals surface area contributed by atoms with E-state index in [1.165, 1.54) is 32.1 Å². The van der Waals surface area contributed by atoms with Crippen molar-refractivity contribution in [2.24, 2.45) is 5.92 Å². The fourth-order valence-corrected chi connectivity index (χ4v) is 3.17. The molecule has 1 saturated carbocycles. The molecule has 1 unspecified atom stereocenters. The van der Waals surface area contributed by atoms with E-state index >= 15 is 0 Å². The Morgan fingerprint density at radius 3 is 2.62 bits per heavy atom. The second kappa shape index (κ2) is 6.90. The van der Waals surface area contributed by atoms with Gasteiger partial charge in [0.25, 0.3) is 5.69 Å². The minimum Gasteiger partial charge on any atom is -0.493 e. The molecule has 0 radical (unpaired) electrons. The molecule has 1 aliphatic rings. The molecule has 0 bridgehead atoms. The van der Waals surface area contributed by atoms with Crippen molar-refractivity contribution in [2.75, 3.05) is 13.7 Å². The highest BCUT2D eigenvalue weighted by atomic mass is 28.3. The first-order valence-electron chi connectivity index (χ1n) is 7.12. The van der Waals surface area contributed by atoms with E-state index in [4.69, 9.17) is 13.9 Å². The molecule has 6 nitrogen and oxygen atoms in total. The Balaban J connectivity index is 2.02. The monoisotopic (exact) mass is 311 g/mol. The fraction of sp³-hybridized carbons (Fsp3) is 0.571. The summed E-state index contributed by atoms with van der Waals surface area (Å²) in [7, 11) is 0.362. The van der Waals surface area contributed by atoms with Gasteiger partial charge in [0.05, 0.1) is 24.2 Å². The van der Waals surface area contributed by atoms with E-state index in [9.17, 15) is 10.1 Å². The zero-order chi connectivity index (χ0) is 15.4. The van der Waals surface area contributed by atoms with Crippen molar-refractivity contribution in [3.63, 3.8) is 0 Å². The quantitative estimate of drug-likeness (QED) is 0.419. The number of rotatable bonds is 8. The predicted octanol–water partition coefficient (Wildman–Crippen LogP) is 2.76. The van der Waals surface area contributed by atoms with Gasteiger partial charge in [0, 0.05) is 6.07 Å². The van der Waals surface area contributed by atoms with Gasteiger partial charge in [-0.3, -0.25) is 10.1 Å². The lowest BCUT2D eigenvalue weighted by molar-refractivity contribution is -0.384. The van der Waals surface area contributed by atoms with Crippen LogP contribution < -0.4 is 9.47 Å². The lowest BCUT2D eigenvalue weighted by Crippen LogP contribution is -2.28. The summed E-state index contributed by atoms with van der Waals surface area (Å²) >= 11 is 0. The molecule has 1 aromatic rings. The Kier molecular flexibility index (Phi) is 5.19. The third-order valence-corrected chi connectivity index (χ3v) is 4.25. The molecule has 116 valence electrons. The molecule has 0 spiro atoms. The van der Waals surface area contributed by atoms with Gasteiger partial charge >= 0.3 is 0 Å². The number of hydrogen-bond acceptors (Lipinski definition) is 5. The molecule has 0 heterocycles. The minimum absolute atomic E-state index is 0.0104. The van der Waals surface area contributed by atoms with Gasteiger partial charge in [-0.05, 0) is 37.9 Å². The molecule has 7 heteroatoms. The van der Waals surface area contributed by atoms with Crippen molar-refractivity contribution in [3.05, 3.63) is 28.3 Å². The Morgan fingerprint density at radius 2 is 2.10 bits per heavy atom. The van der Waals surface area contributed by atoms with Crippen molar-refractivity contribution in [1.29, 1.82) is 0 Å². The maximum Gasteiger partial charge on any atom is 0.273 e. The summed E-state index contributed by atoms with van der Waals surface area (Å²) < 4.78 is 16.9. The summed E-state index contributed by atoms with van der Waals surface area (Å²) in [5.74, 6) is 1.48. The summed E-state index contributed by atoms with van der Waals surface area (Å²) in [5, 5.41) is 10.8. The number of benzene rings is 1. The van der Waals surface area contributed by atoms with Crippen molar-refractivity contribution < 1.29 is 18.8 Å². The average Bonchev–Trinajstić information content (AvgIpc) is 3.27. The van der Waals surface area contributed by atoms with Crippen LogP contribution in [0, 0.1) is 16.0 Å². The number of hydrogen-bond donors (Lipinski definition) is 0. The van der Waals surface area contributed by atoms with Crippen LogP contribution in [0.3, 0.4) is 0 Å². The van der Waals surface area contributed by atoms with Crippen LogP contribution in [0.15, 0.2) is 18.2 Å². The average molecular weight is 311 g/mol. The maximum atomic E-state index is 10.8. The van der Waals surface area contributed by atoms with E-state index in [2.05, 4.69) is 13.1 Å². The fourth-order valence-electron chi connectivity index (χ4n) is 2.17. The summed E-state index contributed by atoms with van der Waals surface area (Å²) in [6.07, 6.45) is 2.50. The van der Waals surface area contributed by atoms with Crippen LogP contribution in [0.1, 0.15) is 12.8 Å². The first-order valence-corrected chi connectivity index (χ1v) is 9.90. The van der Waals surface area contributed by atoms with Crippen LogP contribution in [0.25, 0.3) is 0 Å².